The summed E-state index contributed by atoms with van der Waals surface area (Å²) >= 11 is 0. The highest BCUT2D eigenvalue weighted by molar-refractivity contribution is 5.68. The molecular formula is C15H19N3. The van der Waals surface area contributed by atoms with Gasteiger partial charge in [-0.2, -0.15) is 0 Å². The Hall–Kier alpha value is -2.03. The highest BCUT2D eigenvalue weighted by Crippen LogP contribution is 2.23. The van der Waals surface area contributed by atoms with E-state index in [2.05, 4.69) is 29.9 Å². The zero-order chi connectivity index (χ0) is 13.0. The number of nitrogens with zero attached hydrogens (tertiary/aromatic N) is 2. The molecule has 2 rings (SSSR count). The Labute approximate surface area is 108 Å². The van der Waals surface area contributed by atoms with Crippen molar-refractivity contribution in [3.8, 4) is 0 Å². The first kappa shape index (κ1) is 12.4. The summed E-state index contributed by atoms with van der Waals surface area (Å²) < 4.78 is 0. The minimum atomic E-state index is 0.831. The average molecular weight is 241 g/mol. The van der Waals surface area contributed by atoms with Gasteiger partial charge < -0.3 is 10.6 Å². The van der Waals surface area contributed by atoms with Crippen LogP contribution in [0.25, 0.3) is 0 Å². The SMILES string of the molecule is Cc1ccc(N)c(N(C)CCc2ccncc2)c1. The molecule has 0 radical (unpaired) electrons. The summed E-state index contributed by atoms with van der Waals surface area (Å²) in [5.74, 6) is 0. The average Bonchev–Trinajstić information content (AvgIpc) is 2.40. The van der Waals surface area contributed by atoms with Crippen molar-refractivity contribution in [2.75, 3.05) is 24.2 Å². The van der Waals surface area contributed by atoms with Crippen LogP contribution >= 0.6 is 0 Å². The number of benzene rings is 1. The van der Waals surface area contributed by atoms with Crippen LogP contribution in [0.15, 0.2) is 42.7 Å². The summed E-state index contributed by atoms with van der Waals surface area (Å²) in [5.41, 5.74) is 10.5. The molecule has 0 aliphatic heterocycles. The third kappa shape index (κ3) is 3.00. The fraction of sp³-hybridized carbons (Fsp3) is 0.267. The number of nitrogens with two attached hydrogens (primary N) is 1. The largest absolute Gasteiger partial charge is 0.397 e. The van der Waals surface area contributed by atoms with Crippen molar-refractivity contribution in [2.45, 2.75) is 13.3 Å². The van der Waals surface area contributed by atoms with Crippen LogP contribution in [-0.2, 0) is 6.42 Å². The topological polar surface area (TPSA) is 42.1 Å². The molecule has 0 aliphatic carbocycles. The summed E-state index contributed by atoms with van der Waals surface area (Å²) in [6, 6.07) is 10.2. The zero-order valence-corrected chi connectivity index (χ0v) is 10.9. The standard InChI is InChI=1S/C15H19N3/c1-12-3-4-14(16)15(11-12)18(2)10-7-13-5-8-17-9-6-13/h3-6,8-9,11H,7,10,16H2,1-2H3. The molecule has 18 heavy (non-hydrogen) atoms. The van der Waals surface area contributed by atoms with E-state index < -0.39 is 0 Å². The van der Waals surface area contributed by atoms with E-state index in [1.54, 1.807) is 0 Å². The van der Waals surface area contributed by atoms with Gasteiger partial charge in [-0.3, -0.25) is 4.98 Å². The van der Waals surface area contributed by atoms with Gasteiger partial charge >= 0.3 is 0 Å². The van der Waals surface area contributed by atoms with Crippen molar-refractivity contribution >= 4 is 11.4 Å². The van der Waals surface area contributed by atoms with E-state index in [-0.39, 0.29) is 0 Å². The predicted octanol–water partition coefficient (Wildman–Crippen LogP) is 2.65. The smallest absolute Gasteiger partial charge is 0.0600 e. The molecule has 1 aromatic carbocycles. The van der Waals surface area contributed by atoms with Crippen LogP contribution in [0.1, 0.15) is 11.1 Å². The monoisotopic (exact) mass is 241 g/mol. The molecule has 0 fully saturated rings. The molecule has 3 heteroatoms. The number of aryl methyl sites for hydroxylation is 1. The van der Waals surface area contributed by atoms with Crippen molar-refractivity contribution < 1.29 is 0 Å². The summed E-state index contributed by atoms with van der Waals surface area (Å²) in [5, 5.41) is 0. The van der Waals surface area contributed by atoms with Gasteiger partial charge in [-0.05, 0) is 48.7 Å². The molecule has 2 N–H and O–H groups in total. The van der Waals surface area contributed by atoms with Gasteiger partial charge in [0.15, 0.2) is 0 Å². The molecular weight excluding hydrogens is 222 g/mol. The summed E-state index contributed by atoms with van der Waals surface area (Å²) in [6.45, 7) is 3.03. The minimum absolute atomic E-state index is 0.831. The highest BCUT2D eigenvalue weighted by Gasteiger charge is 2.05. The molecule has 0 saturated carbocycles. The molecule has 1 heterocycles. The van der Waals surface area contributed by atoms with Gasteiger partial charge in [0.1, 0.15) is 0 Å². The number of hydrogen-bond donors (Lipinski definition) is 1. The second kappa shape index (κ2) is 5.54. The van der Waals surface area contributed by atoms with E-state index in [1.807, 2.05) is 36.7 Å². The first-order valence-electron chi connectivity index (χ1n) is 6.13. The predicted molar refractivity (Wildman–Crippen MR) is 76.8 cm³/mol. The summed E-state index contributed by atoms with van der Waals surface area (Å²) in [6.07, 6.45) is 4.65. The summed E-state index contributed by atoms with van der Waals surface area (Å²) in [7, 11) is 2.08. The third-order valence-electron chi connectivity index (χ3n) is 3.08. The van der Waals surface area contributed by atoms with Crippen LogP contribution in [0.2, 0.25) is 0 Å². The molecule has 0 atom stereocenters. The number of likely N-dealkylation sites (N-methyl/N-ethyl adjacent to an activating group) is 1. The van der Waals surface area contributed by atoms with E-state index in [0.717, 1.165) is 24.3 Å². The Morgan fingerprint density at radius 3 is 2.61 bits per heavy atom. The number of hydrogen-bond acceptors (Lipinski definition) is 3. The van der Waals surface area contributed by atoms with Crippen molar-refractivity contribution in [2.24, 2.45) is 0 Å². The van der Waals surface area contributed by atoms with Crippen molar-refractivity contribution in [1.82, 2.24) is 4.98 Å². The lowest BCUT2D eigenvalue weighted by Gasteiger charge is -2.21. The number of nitrogen functional groups attached to an aromatic ring is 1. The van der Waals surface area contributed by atoms with Crippen molar-refractivity contribution in [1.29, 1.82) is 0 Å². The van der Waals surface area contributed by atoms with Crippen molar-refractivity contribution in [3.63, 3.8) is 0 Å². The first-order chi connectivity index (χ1) is 8.66. The van der Waals surface area contributed by atoms with Gasteiger partial charge in [0.05, 0.1) is 11.4 Å². The van der Waals surface area contributed by atoms with Crippen LogP contribution < -0.4 is 10.6 Å². The Morgan fingerprint density at radius 2 is 1.89 bits per heavy atom. The van der Waals surface area contributed by atoms with Crippen LogP contribution in [0.4, 0.5) is 11.4 Å². The van der Waals surface area contributed by atoms with Gasteiger partial charge in [-0.15, -0.1) is 0 Å². The summed E-state index contributed by atoms with van der Waals surface area (Å²) in [4.78, 5) is 6.22. The quantitative estimate of drug-likeness (QED) is 0.837. The Kier molecular flexibility index (Phi) is 3.82. The fourth-order valence-corrected chi connectivity index (χ4v) is 1.95. The molecule has 0 unspecified atom stereocenters. The normalized spacial score (nSPS) is 10.3. The molecule has 1 aromatic heterocycles. The van der Waals surface area contributed by atoms with Crippen LogP contribution in [0.3, 0.4) is 0 Å². The molecule has 0 amide bonds. The maximum absolute atomic E-state index is 6.01. The molecule has 0 spiro atoms. The van der Waals surface area contributed by atoms with Gasteiger partial charge in [0.25, 0.3) is 0 Å². The van der Waals surface area contributed by atoms with E-state index in [1.165, 1.54) is 11.1 Å². The molecule has 3 nitrogen and oxygen atoms in total. The van der Waals surface area contributed by atoms with Gasteiger partial charge in [-0.1, -0.05) is 6.07 Å². The lowest BCUT2D eigenvalue weighted by Crippen LogP contribution is -2.21. The Balaban J connectivity index is 2.03. The second-order valence-electron chi connectivity index (χ2n) is 4.59. The lowest BCUT2D eigenvalue weighted by molar-refractivity contribution is 0.875. The van der Waals surface area contributed by atoms with Crippen LogP contribution in [0, 0.1) is 6.92 Å². The van der Waals surface area contributed by atoms with E-state index in [0.29, 0.717) is 0 Å². The molecule has 0 saturated heterocycles. The highest BCUT2D eigenvalue weighted by atomic mass is 15.1. The van der Waals surface area contributed by atoms with Crippen LogP contribution in [-0.4, -0.2) is 18.6 Å². The zero-order valence-electron chi connectivity index (χ0n) is 10.9. The minimum Gasteiger partial charge on any atom is -0.397 e. The number of aromatic nitrogens is 1. The first-order valence-corrected chi connectivity index (χ1v) is 6.13. The van der Waals surface area contributed by atoms with E-state index in [4.69, 9.17) is 5.73 Å². The number of pyridine rings is 1. The molecule has 0 aliphatic rings. The maximum Gasteiger partial charge on any atom is 0.0600 e. The molecule has 0 bridgehead atoms. The van der Waals surface area contributed by atoms with E-state index in [9.17, 15) is 0 Å². The Bertz CT molecular complexity index is 508. The number of rotatable bonds is 4. The second-order valence-corrected chi connectivity index (χ2v) is 4.59. The number of anilines is 2. The van der Waals surface area contributed by atoms with Gasteiger partial charge in [-0.25, -0.2) is 0 Å². The molecule has 2 aromatic rings. The van der Waals surface area contributed by atoms with Gasteiger partial charge in [0, 0.05) is 26.0 Å². The van der Waals surface area contributed by atoms with E-state index >= 15 is 0 Å². The van der Waals surface area contributed by atoms with Crippen LogP contribution in [0.5, 0.6) is 0 Å². The molecule has 94 valence electrons. The fourth-order valence-electron chi connectivity index (χ4n) is 1.95. The Morgan fingerprint density at radius 1 is 1.17 bits per heavy atom. The maximum atomic E-state index is 6.01. The third-order valence-corrected chi connectivity index (χ3v) is 3.08. The lowest BCUT2D eigenvalue weighted by atomic mass is 10.1. The van der Waals surface area contributed by atoms with Crippen molar-refractivity contribution in [3.05, 3.63) is 53.9 Å². The van der Waals surface area contributed by atoms with Gasteiger partial charge in [0.2, 0.25) is 0 Å².